The number of nitrogens with one attached hydrogen (secondary N) is 2. The quantitative estimate of drug-likeness (QED) is 0.598. The molecule has 8 heteroatoms. The monoisotopic (exact) mass is 341 g/mol. The second-order valence-electron chi connectivity index (χ2n) is 5.34. The number of para-hydroxylation sites is 1. The lowest BCUT2D eigenvalue weighted by Gasteiger charge is -2.10. The van der Waals surface area contributed by atoms with Gasteiger partial charge in [-0.15, -0.1) is 0 Å². The Morgan fingerprint density at radius 2 is 2.12 bits per heavy atom. The molecule has 0 radical (unpaired) electrons. The van der Waals surface area contributed by atoms with Crippen molar-refractivity contribution in [1.29, 1.82) is 0 Å². The second-order valence-corrected chi connectivity index (χ2v) is 5.34. The fourth-order valence-electron chi connectivity index (χ4n) is 2.31. The first kappa shape index (κ1) is 16.8. The van der Waals surface area contributed by atoms with Gasteiger partial charge in [-0.25, -0.2) is 9.97 Å². The average molecular weight is 341 g/mol. The Morgan fingerprint density at radius 3 is 2.92 bits per heavy atom. The fourth-order valence-corrected chi connectivity index (χ4v) is 2.31. The van der Waals surface area contributed by atoms with Gasteiger partial charge in [-0.2, -0.15) is 4.98 Å². The van der Waals surface area contributed by atoms with Gasteiger partial charge in [0.25, 0.3) is 5.56 Å². The molecule has 1 aromatic carbocycles. The second kappa shape index (κ2) is 7.71. The first-order valence-electron chi connectivity index (χ1n) is 8.07. The van der Waals surface area contributed by atoms with Gasteiger partial charge >= 0.3 is 0 Å². The van der Waals surface area contributed by atoms with Gasteiger partial charge in [0.2, 0.25) is 5.95 Å². The number of nitrogens with zero attached hydrogens (tertiary/aromatic N) is 3. The van der Waals surface area contributed by atoms with Crippen LogP contribution in [0.1, 0.15) is 13.3 Å². The van der Waals surface area contributed by atoms with Crippen molar-refractivity contribution in [3.05, 3.63) is 40.8 Å². The van der Waals surface area contributed by atoms with Crippen molar-refractivity contribution >= 4 is 17.0 Å². The number of H-pyrrole nitrogens is 1. The zero-order chi connectivity index (χ0) is 17.6. The fraction of sp³-hybridized carbons (Fsp3) is 0.294. The van der Waals surface area contributed by atoms with E-state index in [1.807, 2.05) is 31.2 Å². The maximum Gasteiger partial charge on any atom is 0.262 e. The summed E-state index contributed by atoms with van der Waals surface area (Å²) in [6.45, 7) is 2.87. The van der Waals surface area contributed by atoms with Gasteiger partial charge < -0.3 is 20.1 Å². The van der Waals surface area contributed by atoms with Crippen molar-refractivity contribution in [2.24, 2.45) is 0 Å². The molecule has 0 aliphatic carbocycles. The molecule has 0 saturated heterocycles. The zero-order valence-corrected chi connectivity index (χ0v) is 13.8. The van der Waals surface area contributed by atoms with Crippen LogP contribution in [0.2, 0.25) is 0 Å². The highest BCUT2D eigenvalue weighted by atomic mass is 16.5. The van der Waals surface area contributed by atoms with Gasteiger partial charge in [0, 0.05) is 12.7 Å². The normalized spacial score (nSPS) is 10.8. The Morgan fingerprint density at radius 1 is 1.28 bits per heavy atom. The average Bonchev–Trinajstić information content (AvgIpc) is 2.64. The van der Waals surface area contributed by atoms with Crippen LogP contribution in [-0.4, -0.2) is 44.8 Å². The van der Waals surface area contributed by atoms with E-state index < -0.39 is 0 Å². The smallest absolute Gasteiger partial charge is 0.262 e. The van der Waals surface area contributed by atoms with Gasteiger partial charge in [0.1, 0.15) is 17.0 Å². The third kappa shape index (κ3) is 3.74. The highest BCUT2D eigenvalue weighted by Gasteiger charge is 2.12. The van der Waals surface area contributed by atoms with Gasteiger partial charge in [-0.1, -0.05) is 19.1 Å². The first-order valence-corrected chi connectivity index (χ1v) is 8.07. The molecule has 3 N–H and O–H groups in total. The van der Waals surface area contributed by atoms with Crippen LogP contribution < -0.4 is 15.6 Å². The van der Waals surface area contributed by atoms with Crippen LogP contribution in [0.5, 0.6) is 5.75 Å². The minimum absolute atomic E-state index is 0.0441. The number of rotatable bonds is 7. The molecule has 2 aromatic heterocycles. The Hall–Kier alpha value is -3.00. The summed E-state index contributed by atoms with van der Waals surface area (Å²) in [6.07, 6.45) is 2.29. The molecule has 0 spiro atoms. The number of ether oxygens (including phenoxy) is 1. The van der Waals surface area contributed by atoms with E-state index in [1.165, 1.54) is 6.20 Å². The number of fused-ring (bicyclic) bond motifs is 1. The minimum Gasteiger partial charge on any atom is -0.493 e. The Bertz CT molecular complexity index is 926. The Labute approximate surface area is 143 Å². The maximum absolute atomic E-state index is 12.3. The summed E-state index contributed by atoms with van der Waals surface area (Å²) in [4.78, 5) is 27.9. The molecule has 25 heavy (non-hydrogen) atoms. The molecule has 0 aliphatic rings. The third-order valence-electron chi connectivity index (χ3n) is 3.46. The summed E-state index contributed by atoms with van der Waals surface area (Å²) in [5.74, 6) is 1.34. The highest BCUT2D eigenvalue weighted by molar-refractivity contribution is 5.77. The standard InChI is InChI=1S/C17H19N5O3/c1-2-9-25-13-6-4-3-5-11(13)14-20-15-12(16(24)21-14)10-19-17(22-15)18-7-8-23/h3-6,10,23H,2,7-9H2,1H3,(H2,18,19,20,21,22,24). The number of aromatic nitrogens is 4. The van der Waals surface area contributed by atoms with E-state index in [2.05, 4.69) is 25.3 Å². The molecule has 3 rings (SSSR count). The summed E-state index contributed by atoms with van der Waals surface area (Å²) in [7, 11) is 0. The lowest BCUT2D eigenvalue weighted by atomic mass is 10.2. The van der Waals surface area contributed by atoms with Gasteiger partial charge in [-0.3, -0.25) is 4.79 Å². The van der Waals surface area contributed by atoms with Crippen LogP contribution in [0.25, 0.3) is 22.4 Å². The first-order chi connectivity index (χ1) is 12.2. The topological polar surface area (TPSA) is 113 Å². The summed E-state index contributed by atoms with van der Waals surface area (Å²) < 4.78 is 5.73. The van der Waals surface area contributed by atoms with Crippen molar-refractivity contribution in [3.63, 3.8) is 0 Å². The molecule has 3 aromatic rings. The predicted molar refractivity (Wildman–Crippen MR) is 94.8 cm³/mol. The van der Waals surface area contributed by atoms with Gasteiger partial charge in [-0.05, 0) is 18.6 Å². The largest absolute Gasteiger partial charge is 0.493 e. The van der Waals surface area contributed by atoms with E-state index in [0.717, 1.165) is 6.42 Å². The number of benzene rings is 1. The molecule has 0 fully saturated rings. The molecule has 0 aliphatic heterocycles. The van der Waals surface area contributed by atoms with Gasteiger partial charge in [0.05, 0.1) is 18.8 Å². The van der Waals surface area contributed by atoms with Crippen molar-refractivity contribution in [2.75, 3.05) is 25.1 Å². The van der Waals surface area contributed by atoms with Crippen molar-refractivity contribution < 1.29 is 9.84 Å². The molecule has 0 bridgehead atoms. The Balaban J connectivity index is 2.06. The van der Waals surface area contributed by atoms with Crippen LogP contribution in [-0.2, 0) is 0 Å². The zero-order valence-electron chi connectivity index (χ0n) is 13.8. The minimum atomic E-state index is -0.320. The summed E-state index contributed by atoms with van der Waals surface area (Å²) in [6, 6.07) is 7.39. The van der Waals surface area contributed by atoms with Crippen LogP contribution in [0.4, 0.5) is 5.95 Å². The van der Waals surface area contributed by atoms with E-state index in [-0.39, 0.29) is 17.8 Å². The molecule has 0 atom stereocenters. The van der Waals surface area contributed by atoms with E-state index in [0.29, 0.717) is 41.6 Å². The van der Waals surface area contributed by atoms with Gasteiger partial charge in [0.15, 0.2) is 5.65 Å². The summed E-state index contributed by atoms with van der Waals surface area (Å²) in [5.41, 5.74) is 0.650. The lowest BCUT2D eigenvalue weighted by molar-refractivity contribution is 0.311. The summed E-state index contributed by atoms with van der Waals surface area (Å²) in [5, 5.41) is 12.0. The molecule has 8 nitrogen and oxygen atoms in total. The number of hydrogen-bond acceptors (Lipinski definition) is 7. The predicted octanol–water partition coefficient (Wildman–Crippen LogP) is 1.57. The molecular formula is C17H19N5O3. The van der Waals surface area contributed by atoms with Crippen LogP contribution in [0.15, 0.2) is 35.3 Å². The van der Waals surface area contributed by atoms with Crippen LogP contribution in [0, 0.1) is 0 Å². The maximum atomic E-state index is 12.3. The molecule has 130 valence electrons. The third-order valence-corrected chi connectivity index (χ3v) is 3.46. The molecule has 0 unspecified atom stereocenters. The van der Waals surface area contributed by atoms with E-state index in [1.54, 1.807) is 0 Å². The molecule has 0 saturated carbocycles. The molecular weight excluding hydrogens is 322 g/mol. The van der Waals surface area contributed by atoms with Crippen molar-refractivity contribution in [2.45, 2.75) is 13.3 Å². The molecule has 0 amide bonds. The highest BCUT2D eigenvalue weighted by Crippen LogP contribution is 2.27. The molecule has 2 heterocycles. The number of aliphatic hydroxyl groups is 1. The van der Waals surface area contributed by atoms with E-state index >= 15 is 0 Å². The number of anilines is 1. The van der Waals surface area contributed by atoms with Crippen molar-refractivity contribution in [1.82, 2.24) is 19.9 Å². The Kier molecular flexibility index (Phi) is 5.20. The van der Waals surface area contributed by atoms with Crippen molar-refractivity contribution in [3.8, 4) is 17.1 Å². The number of hydrogen-bond donors (Lipinski definition) is 3. The lowest BCUT2D eigenvalue weighted by Crippen LogP contribution is -2.14. The summed E-state index contributed by atoms with van der Waals surface area (Å²) >= 11 is 0. The van der Waals surface area contributed by atoms with E-state index in [4.69, 9.17) is 9.84 Å². The van der Waals surface area contributed by atoms with Crippen LogP contribution in [0.3, 0.4) is 0 Å². The van der Waals surface area contributed by atoms with E-state index in [9.17, 15) is 4.79 Å². The number of aromatic amines is 1. The SMILES string of the molecule is CCCOc1ccccc1-c1nc2nc(NCCO)ncc2c(=O)[nH]1. The van der Waals surface area contributed by atoms with Crippen LogP contribution >= 0.6 is 0 Å². The number of aliphatic hydroxyl groups excluding tert-OH is 1.